The minimum absolute atomic E-state index is 0.429. The van der Waals surface area contributed by atoms with Gasteiger partial charge < -0.3 is 77.7 Å². The molecule has 0 saturated carbocycles. The molecule has 2 aliphatic rings. The molecule has 1 aromatic heterocycles. The van der Waals surface area contributed by atoms with Gasteiger partial charge in [0.05, 0.1) is 5.69 Å². The van der Waals surface area contributed by atoms with Crippen LogP contribution in [-0.2, 0) is 95.1 Å². The summed E-state index contributed by atoms with van der Waals surface area (Å²) in [5.41, 5.74) is 2.75. The van der Waals surface area contributed by atoms with Crippen molar-refractivity contribution in [3.8, 4) is 0 Å². The van der Waals surface area contributed by atoms with Crippen LogP contribution in [0, 0.1) is 0 Å². The van der Waals surface area contributed by atoms with Gasteiger partial charge in [-0.2, -0.15) is 0 Å². The molecule has 0 radical (unpaired) electrons. The van der Waals surface area contributed by atoms with E-state index in [1.54, 1.807) is 20.8 Å². The van der Waals surface area contributed by atoms with Gasteiger partial charge in [-0.15, -0.1) is 0 Å². The number of ether oxygens (including phenoxy) is 13. The van der Waals surface area contributed by atoms with E-state index in [9.17, 15) is 53.1 Å². The highest BCUT2D eigenvalue weighted by Gasteiger charge is 2.58. The van der Waals surface area contributed by atoms with E-state index in [1.807, 2.05) is 0 Å². The highest BCUT2D eigenvalue weighted by molar-refractivity contribution is 5.81. The second kappa shape index (κ2) is 24.1. The molecule has 2 aliphatic heterocycles. The number of hydrogen-bond donors (Lipinski definition) is 3. The molecule has 386 valence electrons. The van der Waals surface area contributed by atoms with Crippen LogP contribution >= 0.6 is 0 Å². The average Bonchev–Trinajstić information content (AvgIpc) is 3.67. The summed E-state index contributed by atoms with van der Waals surface area (Å²) in [6.45, 7) is 13.3. The molecule has 69 heavy (non-hydrogen) atoms. The van der Waals surface area contributed by atoms with Gasteiger partial charge in [0, 0.05) is 47.7 Å². The molecule has 28 nitrogen and oxygen atoms in total. The van der Waals surface area contributed by atoms with Gasteiger partial charge in [0.1, 0.15) is 49.1 Å². The Morgan fingerprint density at radius 1 is 0.652 bits per heavy atom. The van der Waals surface area contributed by atoms with Crippen LogP contribution in [-0.4, -0.2) is 167 Å². The molecule has 3 heterocycles. The molecule has 0 bridgehead atoms. The molecule has 2 amide bonds. The number of carbonyl (C=O) groups is 10. The second-order valence-electron chi connectivity index (χ2n) is 17.2. The van der Waals surface area contributed by atoms with E-state index in [2.05, 4.69) is 10.3 Å². The maximum atomic E-state index is 13.2. The number of carbonyl (C=O) groups excluding carboxylic acids is 9. The minimum Gasteiger partial charge on any atom is -0.480 e. The third-order valence-corrected chi connectivity index (χ3v) is 8.86. The smallest absolute Gasteiger partial charge is 0.419 e. The van der Waals surface area contributed by atoms with Gasteiger partial charge in [-0.1, -0.05) is 0 Å². The number of carboxylic acid groups (broad SMARTS) is 1. The van der Waals surface area contributed by atoms with E-state index in [1.165, 1.54) is 20.8 Å². The summed E-state index contributed by atoms with van der Waals surface area (Å²) in [7, 11) is 0. The van der Waals surface area contributed by atoms with Crippen LogP contribution in [0.4, 0.5) is 14.4 Å². The largest absolute Gasteiger partial charge is 0.480 e. The third kappa shape index (κ3) is 17.7. The van der Waals surface area contributed by atoms with Crippen LogP contribution in [0.3, 0.4) is 0 Å². The Morgan fingerprint density at radius 2 is 1.10 bits per heavy atom. The average molecular weight is 991 g/mol. The molecule has 28 heteroatoms. The Kier molecular flexibility index (Phi) is 19.8. The highest BCUT2D eigenvalue weighted by Crippen LogP contribution is 2.38. The number of nitrogens with zero attached hydrogens (tertiary/aromatic N) is 2. The summed E-state index contributed by atoms with van der Waals surface area (Å²) in [4.78, 5) is 131. The van der Waals surface area contributed by atoms with Gasteiger partial charge >= 0.3 is 60.1 Å². The molecule has 4 N–H and O–H groups in total. The molecule has 2 saturated heterocycles. The number of alkyl carbamates (subject to hydrolysis) is 1. The van der Waals surface area contributed by atoms with Gasteiger partial charge in [-0.3, -0.25) is 28.8 Å². The van der Waals surface area contributed by atoms with Crippen LogP contribution in [0.15, 0.2) is 12.5 Å². The molecule has 0 aliphatic carbocycles. The van der Waals surface area contributed by atoms with E-state index >= 15 is 0 Å². The molecular formula is C41H58N4O24. The lowest BCUT2D eigenvalue weighted by Gasteiger charge is -2.49. The standard InChI is InChI=1S/C41H58N4O24/c1-17(46)57-14-24-28(59-19(3)48)30(61-21(5)50)33(66-35-32(62-22(6)51)31(67-37(42)54)29(60-20(4)49)25(63-35)15-58-18(2)47)36(64-24)65-27(26(34(52)53)44-38(55)68-40(7,8)9)23-13-45(16-43-23)39(56)69-41(10,11)12/h13,16,24-33,35-36H,14-15H2,1-12H3,(H2,42,54)(H,44,55)(H,52,53)/t24-,25+,26-,27-,28+,29+,30-,31-,32-,33-,35+,36-/m0/s1. The predicted octanol–water partition coefficient (Wildman–Crippen LogP) is 0.854. The number of nitrogens with two attached hydrogens (primary N) is 1. The van der Waals surface area contributed by atoms with Crippen LogP contribution in [0.25, 0.3) is 0 Å². The van der Waals surface area contributed by atoms with Crippen molar-refractivity contribution in [3.05, 3.63) is 18.2 Å². The maximum Gasteiger partial charge on any atom is 0.419 e. The number of primary amides is 1. The molecule has 0 spiro atoms. The zero-order valence-corrected chi connectivity index (χ0v) is 39.8. The quantitative estimate of drug-likeness (QED) is 0.144. The number of hydrogen-bond acceptors (Lipinski definition) is 24. The zero-order valence-electron chi connectivity index (χ0n) is 39.8. The summed E-state index contributed by atoms with van der Waals surface area (Å²) >= 11 is 0. The zero-order chi connectivity index (χ0) is 52.3. The first-order valence-electron chi connectivity index (χ1n) is 20.9. The summed E-state index contributed by atoms with van der Waals surface area (Å²) < 4.78 is 74.3. The lowest BCUT2D eigenvalue weighted by molar-refractivity contribution is -0.373. The normalized spacial score (nSPS) is 25.5. The number of nitrogens with one attached hydrogen (secondary N) is 1. The Balaban J connectivity index is 2.42. The summed E-state index contributed by atoms with van der Waals surface area (Å²) in [5.74, 6) is -7.81. The number of amides is 2. The van der Waals surface area contributed by atoms with Gasteiger partial charge in [0.15, 0.2) is 55.2 Å². The monoisotopic (exact) mass is 990 g/mol. The Morgan fingerprint density at radius 3 is 1.54 bits per heavy atom. The SMILES string of the molecule is CC(=O)OC[C@@H]1O[C@@H](O[C@@H](c2cn(C(=O)OC(C)(C)C)cn2)[C@H](NC(=O)OC(C)(C)C)C(=O)O)[C@@H](O[C@H]2O[C@H](COC(C)=O)[C@@H](OC(C)=O)[C@H](OC(N)=O)[C@@H]2OC(C)=O)[C@@H](OC(C)=O)[C@@H]1OC(C)=O. The van der Waals surface area contributed by atoms with Crippen molar-refractivity contribution in [2.24, 2.45) is 5.73 Å². The predicted molar refractivity (Wildman–Crippen MR) is 221 cm³/mol. The molecule has 3 rings (SSSR count). The van der Waals surface area contributed by atoms with Gasteiger partial charge in [-0.25, -0.2) is 28.7 Å². The number of imidazole rings is 1. The molecule has 2 fully saturated rings. The van der Waals surface area contributed by atoms with Crippen molar-refractivity contribution in [2.75, 3.05) is 13.2 Å². The highest BCUT2D eigenvalue weighted by atomic mass is 16.8. The molecule has 12 atom stereocenters. The van der Waals surface area contributed by atoms with Gasteiger partial charge in [-0.05, 0) is 41.5 Å². The lowest BCUT2D eigenvalue weighted by Crippen LogP contribution is -2.67. The Bertz CT molecular complexity index is 2060. The first-order valence-corrected chi connectivity index (χ1v) is 20.9. The third-order valence-electron chi connectivity index (χ3n) is 8.86. The van der Waals surface area contributed by atoms with Crippen molar-refractivity contribution in [1.82, 2.24) is 14.9 Å². The van der Waals surface area contributed by atoms with Gasteiger partial charge in [0.25, 0.3) is 0 Å². The number of aliphatic carboxylic acids is 1. The maximum absolute atomic E-state index is 13.2. The Labute approximate surface area is 394 Å². The van der Waals surface area contributed by atoms with E-state index in [0.717, 1.165) is 58.6 Å². The van der Waals surface area contributed by atoms with Crippen molar-refractivity contribution in [2.45, 2.75) is 168 Å². The first kappa shape index (κ1) is 56.7. The first-order chi connectivity index (χ1) is 31.8. The van der Waals surface area contributed by atoms with E-state index in [-0.39, 0.29) is 0 Å². The fourth-order valence-corrected chi connectivity index (χ4v) is 6.59. The van der Waals surface area contributed by atoms with Crippen LogP contribution in [0.1, 0.15) is 94.9 Å². The molecule has 0 aromatic carbocycles. The number of esters is 6. The summed E-state index contributed by atoms with van der Waals surface area (Å²) in [5, 5.41) is 12.9. The Hall–Kier alpha value is -6.65. The van der Waals surface area contributed by atoms with E-state index in [0.29, 0.717) is 0 Å². The summed E-state index contributed by atoms with van der Waals surface area (Å²) in [6.07, 6.45) is -23.5. The van der Waals surface area contributed by atoms with Gasteiger partial charge in [0.2, 0.25) is 0 Å². The van der Waals surface area contributed by atoms with Crippen molar-refractivity contribution >= 4 is 60.1 Å². The van der Waals surface area contributed by atoms with Crippen LogP contribution in [0.2, 0.25) is 0 Å². The topological polar surface area (TPSA) is 367 Å². The molecular weight excluding hydrogens is 932 g/mol. The van der Waals surface area contributed by atoms with Crippen molar-refractivity contribution in [1.29, 1.82) is 0 Å². The van der Waals surface area contributed by atoms with Crippen LogP contribution in [0.5, 0.6) is 0 Å². The van der Waals surface area contributed by atoms with Crippen LogP contribution < -0.4 is 11.1 Å². The number of rotatable bonds is 17. The van der Waals surface area contributed by atoms with Crippen molar-refractivity contribution < 1.29 is 115 Å². The minimum atomic E-state index is -2.23. The molecule has 1 aromatic rings. The van der Waals surface area contributed by atoms with E-state index < -0.39 is 164 Å². The fourth-order valence-electron chi connectivity index (χ4n) is 6.59. The molecule has 0 unspecified atom stereocenters. The second-order valence-corrected chi connectivity index (χ2v) is 17.2. The fraction of sp³-hybridized carbons (Fsp3) is 0.683. The number of aromatic nitrogens is 2. The van der Waals surface area contributed by atoms with Crippen molar-refractivity contribution in [3.63, 3.8) is 0 Å². The lowest BCUT2D eigenvalue weighted by atomic mass is 9.96. The number of carboxylic acids is 1. The van der Waals surface area contributed by atoms with E-state index in [4.69, 9.17) is 67.3 Å². The summed E-state index contributed by atoms with van der Waals surface area (Å²) in [6, 6.07) is -2.23.